The summed E-state index contributed by atoms with van der Waals surface area (Å²) in [4.78, 5) is 10.5. The first-order valence-corrected chi connectivity index (χ1v) is 5.39. The number of rotatable bonds is 4. The molecular formula is C11H11ClF3NO2. The molecule has 1 aromatic rings. The van der Waals surface area contributed by atoms with Crippen molar-refractivity contribution in [3.8, 4) is 0 Å². The third-order valence-corrected chi connectivity index (χ3v) is 2.71. The van der Waals surface area contributed by atoms with Gasteiger partial charge in [0.05, 0.1) is 10.7 Å². The van der Waals surface area contributed by atoms with Crippen molar-refractivity contribution in [1.29, 1.82) is 0 Å². The van der Waals surface area contributed by atoms with Crippen LogP contribution in [0.4, 0.5) is 18.9 Å². The summed E-state index contributed by atoms with van der Waals surface area (Å²) in [6.45, 7) is 0.904. The zero-order valence-electron chi connectivity index (χ0n) is 9.38. The van der Waals surface area contributed by atoms with E-state index in [1.54, 1.807) is 19.1 Å². The molecule has 0 heterocycles. The number of benzene rings is 1. The Bertz CT molecular complexity index is 428. The van der Waals surface area contributed by atoms with Crippen LogP contribution in [-0.2, 0) is 4.79 Å². The van der Waals surface area contributed by atoms with Crippen LogP contribution in [0.1, 0.15) is 5.56 Å². The zero-order valence-corrected chi connectivity index (χ0v) is 10.1. The van der Waals surface area contributed by atoms with E-state index in [2.05, 4.69) is 5.32 Å². The summed E-state index contributed by atoms with van der Waals surface area (Å²) in [5.74, 6) is -4.38. The van der Waals surface area contributed by atoms with E-state index >= 15 is 0 Å². The molecule has 100 valence electrons. The number of aryl methyl sites for hydroxylation is 1. The Balaban J connectivity index is 2.83. The Morgan fingerprint density at radius 3 is 2.56 bits per heavy atom. The van der Waals surface area contributed by atoms with Crippen molar-refractivity contribution in [2.75, 3.05) is 11.9 Å². The van der Waals surface area contributed by atoms with E-state index in [9.17, 15) is 18.0 Å². The zero-order chi connectivity index (χ0) is 13.9. The second kappa shape index (κ2) is 5.48. The first-order valence-electron chi connectivity index (χ1n) is 5.02. The molecule has 7 heteroatoms. The van der Waals surface area contributed by atoms with Gasteiger partial charge >= 0.3 is 12.1 Å². The molecule has 0 fully saturated rings. The molecule has 0 aliphatic carbocycles. The molecule has 1 rings (SSSR count). The fraction of sp³-hybridized carbons (Fsp3) is 0.364. The molecule has 1 aromatic carbocycles. The largest absolute Gasteiger partial charge is 0.481 e. The van der Waals surface area contributed by atoms with Crippen molar-refractivity contribution in [1.82, 2.24) is 0 Å². The smallest absolute Gasteiger partial charge is 0.403 e. The molecule has 0 aliphatic rings. The SMILES string of the molecule is Cc1cccc(Cl)c1NCC(C(=O)O)C(F)(F)F. The molecule has 2 N–H and O–H groups in total. The highest BCUT2D eigenvalue weighted by molar-refractivity contribution is 6.33. The Hall–Kier alpha value is -1.43. The fourth-order valence-corrected chi connectivity index (χ4v) is 1.69. The van der Waals surface area contributed by atoms with Gasteiger partial charge in [0.1, 0.15) is 0 Å². The number of nitrogens with one attached hydrogen (secondary N) is 1. The first kappa shape index (κ1) is 14.6. The lowest BCUT2D eigenvalue weighted by Crippen LogP contribution is -2.36. The molecule has 0 radical (unpaired) electrons. The van der Waals surface area contributed by atoms with E-state index in [1.807, 2.05) is 0 Å². The Morgan fingerprint density at radius 2 is 2.11 bits per heavy atom. The third kappa shape index (κ3) is 3.53. The molecule has 0 saturated heterocycles. The number of hydrogen-bond donors (Lipinski definition) is 2. The third-order valence-electron chi connectivity index (χ3n) is 2.40. The molecule has 0 aromatic heterocycles. The molecule has 1 unspecified atom stereocenters. The van der Waals surface area contributed by atoms with E-state index in [1.165, 1.54) is 6.07 Å². The van der Waals surface area contributed by atoms with Gasteiger partial charge in [0, 0.05) is 6.54 Å². The van der Waals surface area contributed by atoms with Crippen LogP contribution >= 0.6 is 11.6 Å². The van der Waals surface area contributed by atoms with Crippen molar-refractivity contribution < 1.29 is 23.1 Å². The summed E-state index contributed by atoms with van der Waals surface area (Å²) in [6.07, 6.45) is -4.80. The second-order valence-electron chi connectivity index (χ2n) is 3.75. The Kier molecular flexibility index (Phi) is 4.45. The van der Waals surface area contributed by atoms with Crippen LogP contribution in [0.25, 0.3) is 0 Å². The first-order chi connectivity index (χ1) is 8.23. The summed E-state index contributed by atoms with van der Waals surface area (Å²) < 4.78 is 37.3. The second-order valence-corrected chi connectivity index (χ2v) is 4.15. The van der Waals surface area contributed by atoms with E-state index < -0.39 is 24.6 Å². The van der Waals surface area contributed by atoms with Crippen LogP contribution in [0.3, 0.4) is 0 Å². The van der Waals surface area contributed by atoms with Gasteiger partial charge in [0.15, 0.2) is 5.92 Å². The number of hydrogen-bond acceptors (Lipinski definition) is 2. The Labute approximate surface area is 107 Å². The number of anilines is 1. The predicted octanol–water partition coefficient (Wildman–Crippen LogP) is 3.32. The highest BCUT2D eigenvalue weighted by Crippen LogP contribution is 2.29. The van der Waals surface area contributed by atoms with Gasteiger partial charge in [-0.2, -0.15) is 13.2 Å². The lowest BCUT2D eigenvalue weighted by atomic mass is 10.1. The maximum absolute atomic E-state index is 12.4. The van der Waals surface area contributed by atoms with Crippen molar-refractivity contribution in [2.45, 2.75) is 13.1 Å². The van der Waals surface area contributed by atoms with Crippen molar-refractivity contribution in [3.63, 3.8) is 0 Å². The van der Waals surface area contributed by atoms with Crippen LogP contribution in [0.2, 0.25) is 5.02 Å². The maximum Gasteiger partial charge on any atom is 0.403 e. The minimum Gasteiger partial charge on any atom is -0.481 e. The normalized spacial score (nSPS) is 13.2. The topological polar surface area (TPSA) is 49.3 Å². The number of halogens is 4. The number of para-hydroxylation sites is 1. The number of alkyl halides is 3. The highest BCUT2D eigenvalue weighted by atomic mass is 35.5. The van der Waals surface area contributed by atoms with Crippen molar-refractivity contribution in [2.24, 2.45) is 5.92 Å². The summed E-state index contributed by atoms with van der Waals surface area (Å²) in [6, 6.07) is 4.83. The Morgan fingerprint density at radius 1 is 1.50 bits per heavy atom. The number of carbonyl (C=O) groups is 1. The van der Waals surface area contributed by atoms with Gasteiger partial charge in [-0.1, -0.05) is 23.7 Å². The molecule has 0 saturated carbocycles. The van der Waals surface area contributed by atoms with Crippen LogP contribution in [0, 0.1) is 12.8 Å². The molecule has 0 spiro atoms. The monoisotopic (exact) mass is 281 g/mol. The average molecular weight is 282 g/mol. The standard InChI is InChI=1S/C11H11ClF3NO2/c1-6-3-2-4-8(12)9(6)16-5-7(10(17)18)11(13,14)15/h2-4,7,16H,5H2,1H3,(H,17,18). The quantitative estimate of drug-likeness (QED) is 0.890. The molecular weight excluding hydrogens is 271 g/mol. The minimum absolute atomic E-state index is 0.251. The number of carboxylic acids is 1. The fourth-order valence-electron chi connectivity index (χ4n) is 1.40. The number of carboxylic acid groups (broad SMARTS) is 1. The lowest BCUT2D eigenvalue weighted by molar-refractivity contribution is -0.190. The molecule has 0 aliphatic heterocycles. The van der Waals surface area contributed by atoms with E-state index in [0.717, 1.165) is 0 Å². The summed E-state index contributed by atoms with van der Waals surface area (Å²) in [7, 11) is 0. The highest BCUT2D eigenvalue weighted by Gasteiger charge is 2.44. The lowest BCUT2D eigenvalue weighted by Gasteiger charge is -2.18. The summed E-state index contributed by atoms with van der Waals surface area (Å²) in [5.41, 5.74) is 0.962. The molecule has 18 heavy (non-hydrogen) atoms. The number of aliphatic carboxylic acids is 1. The molecule has 0 amide bonds. The van der Waals surface area contributed by atoms with Crippen molar-refractivity contribution >= 4 is 23.3 Å². The van der Waals surface area contributed by atoms with E-state index in [-0.39, 0.29) is 5.02 Å². The van der Waals surface area contributed by atoms with E-state index in [0.29, 0.717) is 11.3 Å². The minimum atomic E-state index is -4.80. The van der Waals surface area contributed by atoms with Crippen LogP contribution in [-0.4, -0.2) is 23.8 Å². The van der Waals surface area contributed by atoms with Gasteiger partial charge in [-0.3, -0.25) is 4.79 Å². The van der Waals surface area contributed by atoms with Gasteiger partial charge < -0.3 is 10.4 Å². The van der Waals surface area contributed by atoms with Crippen LogP contribution < -0.4 is 5.32 Å². The average Bonchev–Trinajstić information content (AvgIpc) is 2.19. The van der Waals surface area contributed by atoms with Crippen LogP contribution in [0.5, 0.6) is 0 Å². The molecule has 1 atom stereocenters. The van der Waals surface area contributed by atoms with Crippen LogP contribution in [0.15, 0.2) is 18.2 Å². The molecule has 3 nitrogen and oxygen atoms in total. The van der Waals surface area contributed by atoms with Gasteiger partial charge in [0.2, 0.25) is 0 Å². The van der Waals surface area contributed by atoms with Gasteiger partial charge in [-0.05, 0) is 18.6 Å². The summed E-state index contributed by atoms with van der Waals surface area (Å²) in [5, 5.41) is 11.2. The van der Waals surface area contributed by atoms with Gasteiger partial charge in [-0.25, -0.2) is 0 Å². The predicted molar refractivity (Wildman–Crippen MR) is 61.9 cm³/mol. The maximum atomic E-state index is 12.4. The van der Waals surface area contributed by atoms with E-state index in [4.69, 9.17) is 16.7 Å². The van der Waals surface area contributed by atoms with Crippen molar-refractivity contribution in [3.05, 3.63) is 28.8 Å². The van der Waals surface area contributed by atoms with Gasteiger partial charge in [0.25, 0.3) is 0 Å². The molecule has 0 bridgehead atoms. The van der Waals surface area contributed by atoms with Gasteiger partial charge in [-0.15, -0.1) is 0 Å². The summed E-state index contributed by atoms with van der Waals surface area (Å²) >= 11 is 5.82.